The van der Waals surface area contributed by atoms with Gasteiger partial charge in [0.05, 0.1) is 7.11 Å². The van der Waals surface area contributed by atoms with E-state index in [0.717, 1.165) is 37.2 Å². The Morgan fingerprint density at radius 2 is 1.88 bits per heavy atom. The van der Waals surface area contributed by atoms with Crippen molar-refractivity contribution in [1.29, 1.82) is 0 Å². The summed E-state index contributed by atoms with van der Waals surface area (Å²) in [7, 11) is 1.67. The summed E-state index contributed by atoms with van der Waals surface area (Å²) in [6.45, 7) is 6.47. The summed E-state index contributed by atoms with van der Waals surface area (Å²) in [5, 5.41) is 6.43. The molecule has 2 N–H and O–H groups in total. The van der Waals surface area contributed by atoms with Gasteiger partial charge in [0.1, 0.15) is 11.3 Å². The zero-order valence-electron chi connectivity index (χ0n) is 20.3. The monoisotopic (exact) mass is 461 g/mol. The van der Waals surface area contributed by atoms with Crippen LogP contribution < -0.4 is 15.4 Å². The first kappa shape index (κ1) is 22.9. The molecule has 0 spiro atoms. The molecule has 5 atom stereocenters. The van der Waals surface area contributed by atoms with Gasteiger partial charge in [-0.25, -0.2) is 0 Å². The maximum atomic E-state index is 13.9. The number of carbonyl (C=O) groups excluding carboxylic acids is 2. The van der Waals surface area contributed by atoms with E-state index in [1.807, 2.05) is 42.5 Å². The number of methoxy groups -OCH3 is 1. The van der Waals surface area contributed by atoms with Gasteiger partial charge in [0.15, 0.2) is 0 Å². The Hall–Kier alpha value is -2.86. The van der Waals surface area contributed by atoms with E-state index in [1.54, 1.807) is 7.11 Å². The smallest absolute Gasteiger partial charge is 0.248 e. The van der Waals surface area contributed by atoms with E-state index in [9.17, 15) is 9.59 Å². The molecule has 6 nitrogen and oxygen atoms in total. The minimum Gasteiger partial charge on any atom is -0.497 e. The third-order valence-electron chi connectivity index (χ3n) is 8.05. The van der Waals surface area contributed by atoms with Crippen LogP contribution in [0.1, 0.15) is 37.8 Å². The third-order valence-corrected chi connectivity index (χ3v) is 8.05. The molecule has 4 aliphatic rings. The first-order valence-electron chi connectivity index (χ1n) is 12.4. The van der Waals surface area contributed by atoms with Gasteiger partial charge in [-0.2, -0.15) is 0 Å². The largest absolute Gasteiger partial charge is 0.497 e. The Kier molecular flexibility index (Phi) is 6.11. The van der Waals surface area contributed by atoms with Gasteiger partial charge in [-0.15, -0.1) is 0 Å². The van der Waals surface area contributed by atoms with Crippen LogP contribution in [0.4, 0.5) is 0 Å². The van der Waals surface area contributed by atoms with Crippen molar-refractivity contribution in [2.24, 2.45) is 23.7 Å². The molecule has 2 amide bonds. The van der Waals surface area contributed by atoms with Crippen molar-refractivity contribution in [3.8, 4) is 5.75 Å². The summed E-state index contributed by atoms with van der Waals surface area (Å²) < 4.78 is 5.32. The number of amides is 2. The molecule has 3 saturated heterocycles. The van der Waals surface area contributed by atoms with Gasteiger partial charge in [-0.3, -0.25) is 14.5 Å². The molecule has 34 heavy (non-hydrogen) atoms. The standard InChI is InChI=1S/C28H35N3O3/c1-18(2)13-23-24-14-21-17-31(16-20-9-11-22(34-3)12-10-20)25(23)28(21,30-26(24)32)27(33)29-15-19-7-5-4-6-8-19/h4-12,18,21,23-25H,13-17H2,1-3H3,(H,29,33)(H,30,32). The van der Waals surface area contributed by atoms with E-state index in [-0.39, 0.29) is 35.6 Å². The van der Waals surface area contributed by atoms with Crippen molar-refractivity contribution in [2.45, 2.75) is 51.4 Å². The van der Waals surface area contributed by atoms with Crippen LogP contribution in [-0.4, -0.2) is 41.9 Å². The number of carbonyl (C=O) groups is 2. The first-order chi connectivity index (χ1) is 16.4. The molecule has 0 radical (unpaired) electrons. The van der Waals surface area contributed by atoms with Gasteiger partial charge in [0.25, 0.3) is 0 Å². The number of hydrogen-bond donors (Lipinski definition) is 2. The molecule has 180 valence electrons. The van der Waals surface area contributed by atoms with Crippen LogP contribution in [0.5, 0.6) is 5.75 Å². The molecule has 6 heteroatoms. The lowest BCUT2D eigenvalue weighted by atomic mass is 9.57. The van der Waals surface area contributed by atoms with Gasteiger partial charge in [0.2, 0.25) is 11.8 Å². The lowest BCUT2D eigenvalue weighted by Crippen LogP contribution is -2.77. The van der Waals surface area contributed by atoms with Crippen LogP contribution in [0, 0.1) is 23.7 Å². The topological polar surface area (TPSA) is 70.7 Å². The van der Waals surface area contributed by atoms with Gasteiger partial charge in [0, 0.05) is 37.5 Å². The lowest BCUT2D eigenvalue weighted by Gasteiger charge is -2.55. The summed E-state index contributed by atoms with van der Waals surface area (Å²) in [4.78, 5) is 29.5. The van der Waals surface area contributed by atoms with Crippen molar-refractivity contribution in [2.75, 3.05) is 13.7 Å². The van der Waals surface area contributed by atoms with E-state index in [1.165, 1.54) is 5.56 Å². The molecule has 3 heterocycles. The highest BCUT2D eigenvalue weighted by Crippen LogP contribution is 2.54. The molecule has 2 aromatic rings. The van der Waals surface area contributed by atoms with Crippen molar-refractivity contribution in [3.63, 3.8) is 0 Å². The highest BCUT2D eigenvalue weighted by Gasteiger charge is 2.70. The number of benzene rings is 2. The highest BCUT2D eigenvalue weighted by atomic mass is 16.5. The zero-order valence-corrected chi connectivity index (χ0v) is 20.3. The fourth-order valence-electron chi connectivity index (χ4n) is 6.68. The van der Waals surface area contributed by atoms with Crippen LogP contribution in [0.15, 0.2) is 54.6 Å². The van der Waals surface area contributed by atoms with Crippen LogP contribution in [-0.2, 0) is 22.7 Å². The molecule has 5 unspecified atom stereocenters. The molecule has 4 fully saturated rings. The average Bonchev–Trinajstić information content (AvgIpc) is 3.06. The number of piperidine rings is 2. The predicted octanol–water partition coefficient (Wildman–Crippen LogP) is 3.36. The highest BCUT2D eigenvalue weighted by molar-refractivity contribution is 5.97. The fourth-order valence-corrected chi connectivity index (χ4v) is 6.68. The van der Waals surface area contributed by atoms with E-state index < -0.39 is 5.54 Å². The Balaban J connectivity index is 1.45. The number of hydrogen-bond acceptors (Lipinski definition) is 4. The number of rotatable bonds is 8. The average molecular weight is 462 g/mol. The van der Waals surface area contributed by atoms with E-state index in [2.05, 4.69) is 41.5 Å². The van der Waals surface area contributed by atoms with Gasteiger partial charge in [-0.1, -0.05) is 56.3 Å². The number of nitrogens with one attached hydrogen (secondary N) is 2. The maximum absolute atomic E-state index is 13.9. The first-order valence-corrected chi connectivity index (χ1v) is 12.4. The molecule has 3 aliphatic heterocycles. The molecule has 6 rings (SSSR count). The van der Waals surface area contributed by atoms with Gasteiger partial charge >= 0.3 is 0 Å². The molecule has 2 aromatic carbocycles. The lowest BCUT2D eigenvalue weighted by molar-refractivity contribution is -0.155. The Bertz CT molecular complexity index is 1040. The molecular formula is C28H35N3O3. The second kappa shape index (κ2) is 9.06. The summed E-state index contributed by atoms with van der Waals surface area (Å²) in [6.07, 6.45) is 1.74. The Morgan fingerprint density at radius 3 is 2.56 bits per heavy atom. The second-order valence-corrected chi connectivity index (χ2v) is 10.6. The summed E-state index contributed by atoms with van der Waals surface area (Å²) in [5.41, 5.74) is 1.38. The molecule has 4 bridgehead atoms. The Labute approximate surface area is 202 Å². The van der Waals surface area contributed by atoms with E-state index in [0.29, 0.717) is 12.5 Å². The minimum absolute atomic E-state index is 0.00535. The van der Waals surface area contributed by atoms with Crippen LogP contribution in [0.2, 0.25) is 0 Å². The predicted molar refractivity (Wildman–Crippen MR) is 131 cm³/mol. The second-order valence-electron chi connectivity index (χ2n) is 10.6. The SMILES string of the molecule is COc1ccc(CN2CC3CC4C(=O)NC3(C(=O)NCc3ccccc3)C2C4CC(C)C)cc1. The summed E-state index contributed by atoms with van der Waals surface area (Å²) in [6, 6.07) is 18.1. The third kappa shape index (κ3) is 3.88. The maximum Gasteiger partial charge on any atom is 0.248 e. The molecule has 1 aliphatic carbocycles. The van der Waals surface area contributed by atoms with Crippen LogP contribution >= 0.6 is 0 Å². The molecule has 0 aromatic heterocycles. The van der Waals surface area contributed by atoms with E-state index >= 15 is 0 Å². The normalized spacial score (nSPS) is 29.8. The van der Waals surface area contributed by atoms with Crippen molar-refractivity contribution in [3.05, 3.63) is 65.7 Å². The molecule has 1 saturated carbocycles. The number of nitrogens with zero attached hydrogens (tertiary/aromatic N) is 1. The van der Waals surface area contributed by atoms with Crippen molar-refractivity contribution < 1.29 is 14.3 Å². The van der Waals surface area contributed by atoms with Crippen LogP contribution in [0.25, 0.3) is 0 Å². The zero-order chi connectivity index (χ0) is 23.9. The Morgan fingerprint density at radius 1 is 1.15 bits per heavy atom. The summed E-state index contributed by atoms with van der Waals surface area (Å²) in [5.74, 6) is 1.60. The quantitative estimate of drug-likeness (QED) is 0.633. The van der Waals surface area contributed by atoms with E-state index in [4.69, 9.17) is 4.74 Å². The van der Waals surface area contributed by atoms with Crippen molar-refractivity contribution >= 4 is 11.8 Å². The van der Waals surface area contributed by atoms with Crippen LogP contribution in [0.3, 0.4) is 0 Å². The fraction of sp³-hybridized carbons (Fsp3) is 0.500. The molecular weight excluding hydrogens is 426 g/mol. The minimum atomic E-state index is -0.868. The summed E-state index contributed by atoms with van der Waals surface area (Å²) >= 11 is 0. The van der Waals surface area contributed by atoms with Gasteiger partial charge < -0.3 is 15.4 Å². The number of ether oxygens (including phenoxy) is 1. The number of likely N-dealkylation sites (tertiary alicyclic amines) is 1. The van der Waals surface area contributed by atoms with Crippen molar-refractivity contribution in [1.82, 2.24) is 15.5 Å². The van der Waals surface area contributed by atoms with Gasteiger partial charge in [-0.05, 0) is 47.9 Å². The number of fused-ring (bicyclic) bond motifs is 1.